The van der Waals surface area contributed by atoms with E-state index < -0.39 is 0 Å². The number of benzene rings is 3. The third-order valence-corrected chi connectivity index (χ3v) is 7.52. The number of nitrogens with one attached hydrogen (secondary N) is 2. The molecular weight excluding hydrogens is 476 g/mol. The van der Waals surface area contributed by atoms with Crippen LogP contribution in [0.25, 0.3) is 0 Å². The summed E-state index contributed by atoms with van der Waals surface area (Å²) in [6.45, 7) is 10.6. The van der Waals surface area contributed by atoms with Crippen LogP contribution in [0.1, 0.15) is 54.4 Å². The Hall–Kier alpha value is -3.52. The third-order valence-electron chi connectivity index (χ3n) is 7.52. The van der Waals surface area contributed by atoms with Crippen LogP contribution >= 0.6 is 0 Å². The first-order valence-electron chi connectivity index (χ1n) is 14.4. The predicted molar refractivity (Wildman–Crippen MR) is 166 cm³/mol. The number of rotatable bonds is 7. The molecule has 0 radical (unpaired) electrons. The fourth-order valence-electron chi connectivity index (χ4n) is 5.27. The average Bonchev–Trinajstić information content (AvgIpc) is 2.96. The Morgan fingerprint density at radius 1 is 0.923 bits per heavy atom. The fraction of sp³-hybridized carbons (Fsp3) is 0.371. The highest BCUT2D eigenvalue weighted by molar-refractivity contribution is 5.48. The Labute approximate surface area is 236 Å². The molecule has 1 aliphatic rings. The van der Waals surface area contributed by atoms with Crippen molar-refractivity contribution in [3.8, 4) is 11.8 Å². The first-order chi connectivity index (χ1) is 19.0. The van der Waals surface area contributed by atoms with E-state index in [1.165, 1.54) is 11.1 Å². The van der Waals surface area contributed by atoms with Gasteiger partial charge < -0.3 is 20.4 Å². The summed E-state index contributed by atoms with van der Waals surface area (Å²) in [5.41, 5.74) is 5.91. The van der Waals surface area contributed by atoms with E-state index in [4.69, 9.17) is 0 Å². The standard InChI is InChI=1S/C35H44N4/c1-5-29-17-21-33(22-18-29)37-28(2)39-25-10-9-24-36-35(27-38(3)4)34(23-26-39)32-19-15-31(16-20-32)14-13-30-11-7-6-8-12-30/h6-8,11-12,15-22,34-37H,2,5,9-10,23-27H2,1,3-4H3/t34-,35+/m0/s1. The van der Waals surface area contributed by atoms with Crippen LogP contribution in [0.4, 0.5) is 5.69 Å². The zero-order chi connectivity index (χ0) is 27.5. The van der Waals surface area contributed by atoms with Crippen molar-refractivity contribution in [1.82, 2.24) is 15.1 Å². The molecule has 39 heavy (non-hydrogen) atoms. The lowest BCUT2D eigenvalue weighted by molar-refractivity contribution is 0.256. The summed E-state index contributed by atoms with van der Waals surface area (Å²) < 4.78 is 0. The molecule has 0 spiro atoms. The van der Waals surface area contributed by atoms with Gasteiger partial charge in [0.2, 0.25) is 0 Å². The van der Waals surface area contributed by atoms with Crippen LogP contribution in [0.5, 0.6) is 0 Å². The van der Waals surface area contributed by atoms with Gasteiger partial charge in [-0.3, -0.25) is 0 Å². The van der Waals surface area contributed by atoms with Crippen LogP contribution < -0.4 is 10.6 Å². The van der Waals surface area contributed by atoms with E-state index in [9.17, 15) is 0 Å². The summed E-state index contributed by atoms with van der Waals surface area (Å²) in [6, 6.07) is 28.2. The minimum Gasteiger partial charge on any atom is -0.359 e. The molecule has 3 aromatic carbocycles. The lowest BCUT2D eigenvalue weighted by Gasteiger charge is -2.35. The predicted octanol–water partition coefficient (Wildman–Crippen LogP) is 6.32. The molecule has 1 heterocycles. The largest absolute Gasteiger partial charge is 0.359 e. The van der Waals surface area contributed by atoms with E-state index >= 15 is 0 Å². The molecule has 204 valence electrons. The highest BCUT2D eigenvalue weighted by atomic mass is 15.2. The fourth-order valence-corrected chi connectivity index (χ4v) is 5.27. The molecule has 2 N–H and O–H groups in total. The Kier molecular flexibility index (Phi) is 10.7. The molecule has 0 saturated carbocycles. The van der Waals surface area contributed by atoms with Crippen molar-refractivity contribution in [3.05, 3.63) is 114 Å². The molecular formula is C35H44N4. The second-order valence-corrected chi connectivity index (χ2v) is 10.8. The number of likely N-dealkylation sites (N-methyl/N-ethyl adjacent to an activating group) is 1. The van der Waals surface area contributed by atoms with Gasteiger partial charge in [-0.05, 0) is 93.8 Å². The summed E-state index contributed by atoms with van der Waals surface area (Å²) in [6.07, 6.45) is 4.41. The van der Waals surface area contributed by atoms with Crippen LogP contribution in [0.2, 0.25) is 0 Å². The summed E-state index contributed by atoms with van der Waals surface area (Å²) in [5, 5.41) is 7.47. The smallest absolute Gasteiger partial charge is 0.0983 e. The number of aryl methyl sites for hydroxylation is 1. The maximum absolute atomic E-state index is 4.44. The van der Waals surface area contributed by atoms with Crippen LogP contribution in [0, 0.1) is 11.8 Å². The summed E-state index contributed by atoms with van der Waals surface area (Å²) >= 11 is 0. The summed E-state index contributed by atoms with van der Waals surface area (Å²) in [7, 11) is 4.34. The quantitative estimate of drug-likeness (QED) is 0.357. The first kappa shape index (κ1) is 28.5. The minimum absolute atomic E-state index is 0.379. The molecule has 4 heteroatoms. The summed E-state index contributed by atoms with van der Waals surface area (Å²) in [5.74, 6) is 7.98. The van der Waals surface area contributed by atoms with Gasteiger partial charge in [-0.25, -0.2) is 0 Å². The topological polar surface area (TPSA) is 30.5 Å². The van der Waals surface area contributed by atoms with Crippen LogP contribution in [0.3, 0.4) is 0 Å². The molecule has 3 aromatic rings. The lowest BCUT2D eigenvalue weighted by Crippen LogP contribution is -2.45. The molecule has 0 bridgehead atoms. The van der Waals surface area contributed by atoms with Crippen LogP contribution in [-0.2, 0) is 6.42 Å². The van der Waals surface area contributed by atoms with Gasteiger partial charge in [-0.15, -0.1) is 0 Å². The highest BCUT2D eigenvalue weighted by Crippen LogP contribution is 2.27. The monoisotopic (exact) mass is 520 g/mol. The van der Waals surface area contributed by atoms with E-state index in [1.54, 1.807) is 0 Å². The highest BCUT2D eigenvalue weighted by Gasteiger charge is 2.25. The number of anilines is 1. The van der Waals surface area contributed by atoms with E-state index in [0.29, 0.717) is 12.0 Å². The molecule has 4 rings (SSSR count). The maximum atomic E-state index is 4.44. The van der Waals surface area contributed by atoms with Gasteiger partial charge in [-0.2, -0.15) is 0 Å². The van der Waals surface area contributed by atoms with Crippen molar-refractivity contribution in [2.24, 2.45) is 0 Å². The van der Waals surface area contributed by atoms with Crippen molar-refractivity contribution in [2.75, 3.05) is 45.6 Å². The van der Waals surface area contributed by atoms with Crippen LogP contribution in [-0.4, -0.2) is 56.1 Å². The van der Waals surface area contributed by atoms with Gasteiger partial charge in [0, 0.05) is 48.4 Å². The van der Waals surface area contributed by atoms with E-state index in [0.717, 1.165) is 74.5 Å². The maximum Gasteiger partial charge on any atom is 0.0983 e. The lowest BCUT2D eigenvalue weighted by atomic mass is 9.87. The van der Waals surface area contributed by atoms with Crippen molar-refractivity contribution < 1.29 is 0 Å². The Balaban J connectivity index is 1.50. The van der Waals surface area contributed by atoms with Crippen molar-refractivity contribution >= 4 is 5.69 Å². The molecule has 0 unspecified atom stereocenters. The SMILES string of the molecule is C=C(Nc1ccc(CC)cc1)N1CCCCN[C@H](CN(C)C)[C@H](c2ccc(C#Cc3ccccc3)cc2)CC1. The molecule has 4 nitrogen and oxygen atoms in total. The molecule has 1 saturated heterocycles. The minimum atomic E-state index is 0.379. The van der Waals surface area contributed by atoms with Gasteiger partial charge in [-0.1, -0.05) is 67.8 Å². The van der Waals surface area contributed by atoms with Crippen molar-refractivity contribution in [2.45, 2.75) is 44.6 Å². The second kappa shape index (κ2) is 14.6. The molecule has 1 aliphatic heterocycles. The number of nitrogens with zero attached hydrogens (tertiary/aromatic N) is 2. The Morgan fingerprint density at radius 2 is 1.62 bits per heavy atom. The Bertz CT molecular complexity index is 1220. The second-order valence-electron chi connectivity index (χ2n) is 10.8. The normalized spacial score (nSPS) is 18.2. The average molecular weight is 521 g/mol. The first-order valence-corrected chi connectivity index (χ1v) is 14.4. The van der Waals surface area contributed by atoms with Crippen molar-refractivity contribution in [1.29, 1.82) is 0 Å². The van der Waals surface area contributed by atoms with Crippen molar-refractivity contribution in [3.63, 3.8) is 0 Å². The molecule has 0 amide bonds. The third kappa shape index (κ3) is 8.75. The van der Waals surface area contributed by atoms with Gasteiger partial charge in [0.15, 0.2) is 0 Å². The number of hydrogen-bond donors (Lipinski definition) is 2. The van der Waals surface area contributed by atoms with E-state index in [2.05, 4.69) is 108 Å². The van der Waals surface area contributed by atoms with E-state index in [1.807, 2.05) is 30.3 Å². The van der Waals surface area contributed by atoms with Crippen LogP contribution in [0.15, 0.2) is 91.3 Å². The van der Waals surface area contributed by atoms with Gasteiger partial charge >= 0.3 is 0 Å². The van der Waals surface area contributed by atoms with Gasteiger partial charge in [0.1, 0.15) is 0 Å². The Morgan fingerprint density at radius 3 is 2.28 bits per heavy atom. The van der Waals surface area contributed by atoms with Gasteiger partial charge in [0.25, 0.3) is 0 Å². The number of hydrogen-bond acceptors (Lipinski definition) is 4. The zero-order valence-corrected chi connectivity index (χ0v) is 23.9. The zero-order valence-electron chi connectivity index (χ0n) is 23.9. The molecule has 2 atom stereocenters. The molecule has 0 aromatic heterocycles. The molecule has 1 fully saturated rings. The summed E-state index contributed by atoms with van der Waals surface area (Å²) in [4.78, 5) is 4.74. The van der Waals surface area contributed by atoms with E-state index in [-0.39, 0.29) is 0 Å². The van der Waals surface area contributed by atoms with Gasteiger partial charge in [0.05, 0.1) is 5.82 Å². The molecule has 0 aliphatic carbocycles.